The van der Waals surface area contributed by atoms with Crippen molar-refractivity contribution < 1.29 is 43.1 Å². The number of hydrogen-bond donors (Lipinski definition) is 1. The number of carbonyl (C=O) groups excluding carboxylic acids is 1. The largest absolute Gasteiger partial charge is 0.493 e. The van der Waals surface area contributed by atoms with Crippen LogP contribution >= 0.6 is 0 Å². The molecule has 3 aliphatic heterocycles. The Labute approximate surface area is 244 Å². The van der Waals surface area contributed by atoms with Gasteiger partial charge >= 0.3 is 5.97 Å². The fourth-order valence-electron chi connectivity index (χ4n) is 5.87. The second kappa shape index (κ2) is 12.2. The number of methoxy groups -OCH3 is 3. The van der Waals surface area contributed by atoms with Gasteiger partial charge in [0.15, 0.2) is 23.0 Å². The topological polar surface area (TPSA) is 108 Å². The number of nitrogens with zero attached hydrogens (tertiary/aromatic N) is 2. The lowest BCUT2D eigenvalue weighted by Crippen LogP contribution is -2.49. The Balaban J connectivity index is 1.33. The molecule has 3 heterocycles. The number of β-amino-alcohol motifs (C(OH)–C–C–N with tert-alkyl or cyclic N) is 1. The van der Waals surface area contributed by atoms with Crippen molar-refractivity contribution in [3.8, 4) is 39.9 Å². The van der Waals surface area contributed by atoms with E-state index in [4.69, 9.17) is 33.2 Å². The molecule has 11 nitrogen and oxygen atoms in total. The minimum Gasteiger partial charge on any atom is -0.493 e. The van der Waals surface area contributed by atoms with E-state index in [0.29, 0.717) is 58.6 Å². The number of hydrogen-bond acceptors (Lipinski definition) is 11. The van der Waals surface area contributed by atoms with Gasteiger partial charge in [-0.25, -0.2) is 4.79 Å². The highest BCUT2D eigenvalue weighted by atomic mass is 16.7. The lowest BCUT2D eigenvalue weighted by Gasteiger charge is -2.35. The summed E-state index contributed by atoms with van der Waals surface area (Å²) in [4.78, 5) is 17.8. The number of aliphatic hydroxyl groups excluding tert-OH is 1. The van der Waals surface area contributed by atoms with Crippen LogP contribution in [0.25, 0.3) is 21.9 Å². The Hall–Kier alpha value is -3.77. The fraction of sp³-hybridized carbons (Fsp3) is 0.452. The van der Waals surface area contributed by atoms with Crippen LogP contribution in [0.5, 0.6) is 28.7 Å². The summed E-state index contributed by atoms with van der Waals surface area (Å²) in [5.74, 6) is 2.32. The molecule has 0 spiro atoms. The van der Waals surface area contributed by atoms with Gasteiger partial charge in [0, 0.05) is 62.9 Å². The van der Waals surface area contributed by atoms with Crippen molar-refractivity contribution in [2.75, 3.05) is 80.6 Å². The Morgan fingerprint density at radius 2 is 1.60 bits per heavy atom. The van der Waals surface area contributed by atoms with Gasteiger partial charge in [0.1, 0.15) is 25.1 Å². The van der Waals surface area contributed by atoms with Gasteiger partial charge < -0.3 is 38.3 Å². The predicted octanol–water partition coefficient (Wildman–Crippen LogP) is 2.93. The molecule has 1 saturated heterocycles. The summed E-state index contributed by atoms with van der Waals surface area (Å²) in [5, 5.41) is 12.4. The highest BCUT2D eigenvalue weighted by Gasteiger charge is 2.34. The van der Waals surface area contributed by atoms with E-state index in [-0.39, 0.29) is 20.0 Å². The minimum absolute atomic E-state index is 0.0529. The van der Waals surface area contributed by atoms with Crippen molar-refractivity contribution in [3.05, 3.63) is 41.5 Å². The zero-order valence-corrected chi connectivity index (χ0v) is 24.1. The molecule has 6 rings (SSSR count). The van der Waals surface area contributed by atoms with Gasteiger partial charge in [-0.2, -0.15) is 0 Å². The molecule has 0 radical (unpaired) electrons. The first-order valence-corrected chi connectivity index (χ1v) is 14.1. The maximum Gasteiger partial charge on any atom is 0.339 e. The molecule has 1 atom stereocenters. The molecule has 224 valence electrons. The number of ether oxygens (including phenoxy) is 7. The van der Waals surface area contributed by atoms with Crippen molar-refractivity contribution in [3.63, 3.8) is 0 Å². The van der Waals surface area contributed by atoms with Crippen LogP contribution in [0, 0.1) is 0 Å². The molecular weight excluding hydrogens is 544 g/mol. The average Bonchev–Trinajstić information content (AvgIpc) is 3.64. The maximum atomic E-state index is 13.2. The molecule has 0 amide bonds. The Morgan fingerprint density at radius 3 is 2.33 bits per heavy atom. The molecule has 1 unspecified atom stereocenters. The van der Waals surface area contributed by atoms with Gasteiger partial charge in [0.05, 0.1) is 26.4 Å². The Bertz CT molecular complexity index is 1470. The van der Waals surface area contributed by atoms with Gasteiger partial charge in [-0.1, -0.05) is 6.07 Å². The molecule has 42 heavy (non-hydrogen) atoms. The van der Waals surface area contributed by atoms with E-state index in [0.717, 1.165) is 49.1 Å². The van der Waals surface area contributed by atoms with Crippen LogP contribution in [0.3, 0.4) is 0 Å². The van der Waals surface area contributed by atoms with E-state index in [1.54, 1.807) is 21.3 Å². The van der Waals surface area contributed by atoms with Crippen molar-refractivity contribution in [2.24, 2.45) is 0 Å². The summed E-state index contributed by atoms with van der Waals surface area (Å²) in [6, 6.07) is 9.26. The van der Waals surface area contributed by atoms with Crippen LogP contribution in [0.4, 0.5) is 0 Å². The number of piperazine rings is 1. The van der Waals surface area contributed by atoms with Gasteiger partial charge in [0.2, 0.25) is 6.79 Å². The Morgan fingerprint density at radius 1 is 0.881 bits per heavy atom. The van der Waals surface area contributed by atoms with Crippen molar-refractivity contribution in [1.82, 2.24) is 9.80 Å². The molecule has 0 saturated carbocycles. The van der Waals surface area contributed by atoms with Crippen LogP contribution in [0.15, 0.2) is 30.3 Å². The third-order valence-corrected chi connectivity index (χ3v) is 8.04. The molecule has 0 bridgehead atoms. The van der Waals surface area contributed by atoms with Crippen LogP contribution in [-0.4, -0.2) is 108 Å². The Kier molecular flexibility index (Phi) is 8.25. The third kappa shape index (κ3) is 5.40. The van der Waals surface area contributed by atoms with Crippen molar-refractivity contribution in [2.45, 2.75) is 12.7 Å². The molecule has 1 N–H and O–H groups in total. The smallest absolute Gasteiger partial charge is 0.339 e. The van der Waals surface area contributed by atoms with Crippen molar-refractivity contribution >= 4 is 16.7 Å². The number of fused-ring (bicyclic) bond motifs is 3. The number of benzene rings is 3. The molecule has 0 aliphatic carbocycles. The summed E-state index contributed by atoms with van der Waals surface area (Å²) in [5.41, 5.74) is 2.50. The molecule has 3 aromatic rings. The molecular formula is C31H36N2O9. The maximum absolute atomic E-state index is 13.2. The van der Waals surface area contributed by atoms with E-state index in [2.05, 4.69) is 9.80 Å². The van der Waals surface area contributed by atoms with Crippen LogP contribution < -0.4 is 23.7 Å². The normalized spacial score (nSPS) is 17.3. The minimum atomic E-state index is -0.729. The highest BCUT2D eigenvalue weighted by molar-refractivity contribution is 6.14. The van der Waals surface area contributed by atoms with Gasteiger partial charge in [-0.3, -0.25) is 9.80 Å². The number of aliphatic hydroxyl groups is 1. The summed E-state index contributed by atoms with van der Waals surface area (Å²) >= 11 is 0. The van der Waals surface area contributed by atoms with E-state index < -0.39 is 12.1 Å². The predicted molar refractivity (Wildman–Crippen MR) is 154 cm³/mol. The summed E-state index contributed by atoms with van der Waals surface area (Å²) in [6.45, 7) is 5.95. The highest BCUT2D eigenvalue weighted by Crippen LogP contribution is 2.49. The SMILES string of the molecule is COCCN1CCN(CC(O)COc2c3c(c(-c4ccc5c(c4)OCO5)c4cc(OC)c(OC)cc24)C(=O)OC3)CC1. The van der Waals surface area contributed by atoms with E-state index in [1.807, 2.05) is 30.3 Å². The second-order valence-corrected chi connectivity index (χ2v) is 10.6. The molecule has 11 heteroatoms. The van der Waals surface area contributed by atoms with Crippen LogP contribution in [0.2, 0.25) is 0 Å². The van der Waals surface area contributed by atoms with Gasteiger partial charge in [0.25, 0.3) is 0 Å². The summed E-state index contributed by atoms with van der Waals surface area (Å²) in [6.07, 6.45) is -0.729. The first-order valence-electron chi connectivity index (χ1n) is 14.1. The molecule has 0 aromatic heterocycles. The standard InChI is InChI=1S/C31H36N2O9/c1-36-11-10-32-6-8-33(9-7-32)15-20(34)16-39-30-22-14-26(38-3)25(37-2)13-21(22)28(29-23(30)17-40-31(29)35)19-4-5-24-27(12-19)42-18-41-24/h4-5,12-14,20,34H,6-11,15-18H2,1-3H3. The monoisotopic (exact) mass is 580 g/mol. The van der Waals surface area contributed by atoms with Gasteiger partial charge in [-0.15, -0.1) is 0 Å². The van der Waals surface area contributed by atoms with Gasteiger partial charge in [-0.05, 0) is 35.2 Å². The number of carbonyl (C=O) groups is 1. The van der Waals surface area contributed by atoms with E-state index in [9.17, 15) is 9.90 Å². The molecule has 3 aliphatic rings. The zero-order chi connectivity index (χ0) is 29.2. The van der Waals surface area contributed by atoms with Crippen molar-refractivity contribution in [1.29, 1.82) is 0 Å². The zero-order valence-electron chi connectivity index (χ0n) is 24.1. The molecule has 3 aromatic carbocycles. The number of cyclic esters (lactones) is 1. The molecule has 1 fully saturated rings. The fourth-order valence-corrected chi connectivity index (χ4v) is 5.87. The average molecular weight is 581 g/mol. The number of esters is 1. The van der Waals surface area contributed by atoms with E-state index >= 15 is 0 Å². The first-order chi connectivity index (χ1) is 20.5. The first kappa shape index (κ1) is 28.4. The third-order valence-electron chi connectivity index (χ3n) is 8.04. The quantitative estimate of drug-likeness (QED) is 0.338. The lowest BCUT2D eigenvalue weighted by atomic mass is 9.89. The number of rotatable bonds is 11. The summed E-state index contributed by atoms with van der Waals surface area (Å²) in [7, 11) is 4.85. The van der Waals surface area contributed by atoms with Crippen LogP contribution in [-0.2, 0) is 16.1 Å². The second-order valence-electron chi connectivity index (χ2n) is 10.6. The lowest BCUT2D eigenvalue weighted by molar-refractivity contribution is 0.0401. The van der Waals surface area contributed by atoms with E-state index in [1.165, 1.54) is 0 Å². The van der Waals surface area contributed by atoms with Crippen LogP contribution in [0.1, 0.15) is 15.9 Å². The summed E-state index contributed by atoms with van der Waals surface area (Å²) < 4.78 is 39.5.